The monoisotopic (exact) mass is 180 g/mol. The minimum Gasteiger partial charge on any atom is -0.290 e. The van der Waals surface area contributed by atoms with Crippen molar-refractivity contribution in [2.45, 2.75) is 6.17 Å². The summed E-state index contributed by atoms with van der Waals surface area (Å²) in [6.07, 6.45) is 4.71. The van der Waals surface area contributed by atoms with Gasteiger partial charge < -0.3 is 0 Å². The molecule has 1 atom stereocenters. The van der Waals surface area contributed by atoms with Crippen molar-refractivity contribution >= 4 is 5.78 Å². The average molecular weight is 180 g/mol. The van der Waals surface area contributed by atoms with Crippen LogP contribution in [0.5, 0.6) is 0 Å². The van der Waals surface area contributed by atoms with Gasteiger partial charge in [0, 0.05) is 5.57 Å². The molecule has 0 heterocycles. The van der Waals surface area contributed by atoms with Crippen molar-refractivity contribution in [1.82, 2.24) is 0 Å². The van der Waals surface area contributed by atoms with Crippen molar-refractivity contribution in [3.8, 4) is 0 Å². The Morgan fingerprint density at radius 1 is 1.23 bits per heavy atom. The molecule has 0 saturated carbocycles. The molecule has 0 spiro atoms. The van der Waals surface area contributed by atoms with Crippen molar-refractivity contribution in [3.05, 3.63) is 47.4 Å². The average Bonchev–Trinajstić information content (AvgIpc) is 2.12. The highest BCUT2D eigenvalue weighted by atomic mass is 19.2. The van der Waals surface area contributed by atoms with E-state index in [-0.39, 0.29) is 11.4 Å². The molecule has 2 aliphatic carbocycles. The van der Waals surface area contributed by atoms with Gasteiger partial charge in [-0.2, -0.15) is 0 Å². The van der Waals surface area contributed by atoms with Crippen LogP contribution in [0.1, 0.15) is 0 Å². The van der Waals surface area contributed by atoms with Crippen molar-refractivity contribution < 1.29 is 13.6 Å². The normalized spacial score (nSPS) is 26.2. The predicted molar refractivity (Wildman–Crippen MR) is 44.4 cm³/mol. The summed E-state index contributed by atoms with van der Waals surface area (Å²) in [7, 11) is 0. The maximum absolute atomic E-state index is 13.1. The van der Waals surface area contributed by atoms with E-state index in [0.29, 0.717) is 5.57 Å². The molecule has 0 aromatic carbocycles. The summed E-state index contributed by atoms with van der Waals surface area (Å²) in [6, 6.07) is 0. The van der Waals surface area contributed by atoms with Crippen LogP contribution >= 0.6 is 0 Å². The summed E-state index contributed by atoms with van der Waals surface area (Å²) in [4.78, 5) is 10.9. The Bertz CT molecular complexity index is 386. The van der Waals surface area contributed by atoms with Crippen LogP contribution in [0, 0.1) is 0 Å². The van der Waals surface area contributed by atoms with Gasteiger partial charge in [0.15, 0.2) is 12.0 Å². The van der Waals surface area contributed by atoms with Crippen molar-refractivity contribution in [2.75, 3.05) is 0 Å². The zero-order chi connectivity index (χ0) is 9.42. The van der Waals surface area contributed by atoms with E-state index < -0.39 is 12.0 Å². The second-order valence-electron chi connectivity index (χ2n) is 2.87. The Labute approximate surface area is 73.7 Å². The molecule has 0 N–H and O–H groups in total. The molecule has 0 fully saturated rings. The number of carbonyl (C=O) groups is 1. The van der Waals surface area contributed by atoms with E-state index >= 15 is 0 Å². The second-order valence-corrected chi connectivity index (χ2v) is 2.87. The number of hydrogen-bond acceptors (Lipinski definition) is 1. The quantitative estimate of drug-likeness (QED) is 0.558. The Morgan fingerprint density at radius 2 is 2.00 bits per heavy atom. The van der Waals surface area contributed by atoms with E-state index in [0.717, 1.165) is 12.2 Å². The topological polar surface area (TPSA) is 17.1 Å². The van der Waals surface area contributed by atoms with Gasteiger partial charge in [-0.1, -0.05) is 12.2 Å². The lowest BCUT2D eigenvalue weighted by Gasteiger charge is -2.17. The van der Waals surface area contributed by atoms with Crippen LogP contribution in [0.25, 0.3) is 0 Å². The summed E-state index contributed by atoms with van der Waals surface area (Å²) in [5, 5.41) is 0. The Balaban J connectivity index is 2.49. The Morgan fingerprint density at radius 3 is 2.77 bits per heavy atom. The highest BCUT2D eigenvalue weighted by molar-refractivity contribution is 6.02. The third kappa shape index (κ3) is 1.26. The number of halogens is 2. The molecule has 0 aliphatic heterocycles. The number of allylic oxidation sites excluding steroid dienone is 8. The number of hydrogen-bond donors (Lipinski definition) is 0. The first-order valence-corrected chi connectivity index (χ1v) is 3.84. The highest BCUT2D eigenvalue weighted by Crippen LogP contribution is 2.30. The first kappa shape index (κ1) is 8.10. The van der Waals surface area contributed by atoms with Crippen LogP contribution in [0.2, 0.25) is 0 Å². The molecule has 1 unspecified atom stereocenters. The zero-order valence-corrected chi connectivity index (χ0v) is 6.63. The van der Waals surface area contributed by atoms with E-state index in [1.165, 1.54) is 18.2 Å². The number of carbonyl (C=O) groups excluding carboxylic acids is 1. The van der Waals surface area contributed by atoms with Crippen LogP contribution in [-0.2, 0) is 4.79 Å². The second kappa shape index (κ2) is 2.76. The summed E-state index contributed by atoms with van der Waals surface area (Å²) < 4.78 is 25.9. The lowest BCUT2D eigenvalue weighted by Crippen LogP contribution is -2.14. The van der Waals surface area contributed by atoms with E-state index in [1.54, 1.807) is 0 Å². The van der Waals surface area contributed by atoms with Gasteiger partial charge in [-0.25, -0.2) is 8.78 Å². The number of ketones is 1. The minimum atomic E-state index is -1.78. The van der Waals surface area contributed by atoms with Crippen LogP contribution in [0.3, 0.4) is 0 Å². The van der Waals surface area contributed by atoms with Crippen LogP contribution in [-0.4, -0.2) is 12.0 Å². The molecule has 2 aliphatic rings. The number of rotatable bonds is 0. The zero-order valence-electron chi connectivity index (χ0n) is 6.63. The van der Waals surface area contributed by atoms with E-state index in [1.807, 2.05) is 0 Å². The van der Waals surface area contributed by atoms with Gasteiger partial charge in [0.2, 0.25) is 0 Å². The largest absolute Gasteiger partial charge is 0.290 e. The molecule has 0 radical (unpaired) electrons. The van der Waals surface area contributed by atoms with E-state index in [4.69, 9.17) is 0 Å². The summed E-state index contributed by atoms with van der Waals surface area (Å²) in [6.45, 7) is 0. The molecule has 13 heavy (non-hydrogen) atoms. The fourth-order valence-corrected chi connectivity index (χ4v) is 1.33. The maximum Gasteiger partial charge on any atom is 0.179 e. The Kier molecular flexibility index (Phi) is 1.72. The van der Waals surface area contributed by atoms with Crippen molar-refractivity contribution in [3.63, 3.8) is 0 Å². The molecule has 66 valence electrons. The number of alkyl halides is 1. The van der Waals surface area contributed by atoms with Gasteiger partial charge in [0.05, 0.1) is 0 Å². The summed E-state index contributed by atoms with van der Waals surface area (Å²) in [5.74, 6) is -1.15. The highest BCUT2D eigenvalue weighted by Gasteiger charge is 2.25. The molecule has 2 rings (SSSR count). The number of fused-ring (bicyclic) bond motifs is 1. The van der Waals surface area contributed by atoms with Crippen molar-refractivity contribution in [1.29, 1.82) is 0 Å². The maximum atomic E-state index is 13.1. The molecular weight excluding hydrogens is 174 g/mol. The van der Waals surface area contributed by atoms with Gasteiger partial charge in [-0.15, -0.1) is 0 Å². The van der Waals surface area contributed by atoms with E-state index in [9.17, 15) is 13.6 Å². The molecule has 0 amide bonds. The van der Waals surface area contributed by atoms with Gasteiger partial charge in [0.1, 0.15) is 5.83 Å². The van der Waals surface area contributed by atoms with Crippen molar-refractivity contribution in [2.24, 2.45) is 0 Å². The molecule has 3 heteroatoms. The first-order chi connectivity index (χ1) is 6.18. The minimum absolute atomic E-state index is 0.118. The van der Waals surface area contributed by atoms with E-state index in [2.05, 4.69) is 0 Å². The lowest BCUT2D eigenvalue weighted by molar-refractivity contribution is -0.110. The van der Waals surface area contributed by atoms with Gasteiger partial charge >= 0.3 is 0 Å². The van der Waals surface area contributed by atoms with Crippen LogP contribution in [0.15, 0.2) is 47.4 Å². The fraction of sp³-hybridized carbons (Fsp3) is 0.100. The lowest BCUT2D eigenvalue weighted by atomic mass is 9.91. The Hall–Kier alpha value is -1.51. The molecule has 0 aromatic rings. The van der Waals surface area contributed by atoms with Gasteiger partial charge in [0.25, 0.3) is 0 Å². The molecule has 0 saturated heterocycles. The smallest absolute Gasteiger partial charge is 0.179 e. The molecule has 1 nitrogen and oxygen atoms in total. The first-order valence-electron chi connectivity index (χ1n) is 3.84. The fourth-order valence-electron chi connectivity index (χ4n) is 1.33. The third-order valence-electron chi connectivity index (χ3n) is 2.00. The van der Waals surface area contributed by atoms with Gasteiger partial charge in [-0.05, 0) is 23.8 Å². The third-order valence-corrected chi connectivity index (χ3v) is 2.00. The predicted octanol–water partition coefficient (Wildman–Crippen LogP) is 2.18. The molecule has 0 aromatic heterocycles. The summed E-state index contributed by atoms with van der Waals surface area (Å²) >= 11 is 0. The van der Waals surface area contributed by atoms with Gasteiger partial charge in [-0.3, -0.25) is 4.79 Å². The SMILES string of the molecule is O=C1C=CC2=CC=C(F)C(F)C2=C1. The summed E-state index contributed by atoms with van der Waals surface area (Å²) in [5.41, 5.74) is 0.681. The molecular formula is C10H6F2O. The standard InChI is InChI=1S/C10H6F2O/c11-9-4-2-6-1-3-7(13)5-8(6)10(9)12/h1-5,10H. The van der Waals surface area contributed by atoms with Crippen LogP contribution in [0.4, 0.5) is 8.78 Å². The van der Waals surface area contributed by atoms with Crippen LogP contribution < -0.4 is 0 Å². The molecule has 0 bridgehead atoms.